The van der Waals surface area contributed by atoms with E-state index in [2.05, 4.69) is 10.5 Å². The molecule has 0 radical (unpaired) electrons. The first-order chi connectivity index (χ1) is 11.6. The van der Waals surface area contributed by atoms with Crippen molar-refractivity contribution in [2.24, 2.45) is 10.8 Å². The molecule has 0 bridgehead atoms. The Kier molecular flexibility index (Phi) is 5.90. The number of carbonyl (C=O) groups excluding carboxylic acids is 2. The minimum atomic E-state index is -0.542. The van der Waals surface area contributed by atoms with E-state index in [1.165, 1.54) is 13.3 Å². The van der Waals surface area contributed by atoms with Gasteiger partial charge in [0.15, 0.2) is 6.61 Å². The molecule has 2 amide bonds. The molecular formula is C17H17N3O4. The number of ether oxygens (including phenoxy) is 2. The van der Waals surface area contributed by atoms with Gasteiger partial charge in [0.05, 0.1) is 18.9 Å². The van der Waals surface area contributed by atoms with Gasteiger partial charge >= 0.3 is 0 Å². The fourth-order valence-corrected chi connectivity index (χ4v) is 1.86. The van der Waals surface area contributed by atoms with Crippen molar-refractivity contribution in [1.82, 2.24) is 5.43 Å². The van der Waals surface area contributed by atoms with Crippen LogP contribution in [-0.2, 0) is 4.79 Å². The van der Waals surface area contributed by atoms with Gasteiger partial charge in [-0.1, -0.05) is 12.1 Å². The summed E-state index contributed by atoms with van der Waals surface area (Å²) in [5, 5.41) is 3.90. The molecule has 0 aliphatic heterocycles. The van der Waals surface area contributed by atoms with E-state index in [0.29, 0.717) is 17.1 Å². The second-order valence-corrected chi connectivity index (χ2v) is 4.72. The average molecular weight is 327 g/mol. The lowest BCUT2D eigenvalue weighted by atomic mass is 10.2. The summed E-state index contributed by atoms with van der Waals surface area (Å²) in [6, 6.07) is 13.7. The van der Waals surface area contributed by atoms with E-state index in [9.17, 15) is 9.59 Å². The summed E-state index contributed by atoms with van der Waals surface area (Å²) in [4.78, 5) is 22.7. The minimum absolute atomic E-state index is 0.178. The average Bonchev–Trinajstić information content (AvgIpc) is 2.60. The quantitative estimate of drug-likeness (QED) is 0.591. The number of rotatable bonds is 7. The maximum absolute atomic E-state index is 12.0. The molecule has 3 N–H and O–H groups in total. The molecule has 7 nitrogen and oxygen atoms in total. The zero-order chi connectivity index (χ0) is 17.4. The van der Waals surface area contributed by atoms with Crippen LogP contribution in [0.2, 0.25) is 0 Å². The molecule has 2 aromatic carbocycles. The van der Waals surface area contributed by atoms with Crippen LogP contribution < -0.4 is 20.6 Å². The van der Waals surface area contributed by atoms with E-state index in [-0.39, 0.29) is 12.5 Å². The maximum atomic E-state index is 12.0. The molecule has 7 heteroatoms. The Labute approximate surface area is 139 Å². The molecule has 0 aliphatic carbocycles. The van der Waals surface area contributed by atoms with Gasteiger partial charge in [0.25, 0.3) is 11.8 Å². The summed E-state index contributed by atoms with van der Waals surface area (Å²) in [6.07, 6.45) is 1.49. The molecular weight excluding hydrogens is 310 g/mol. The molecule has 0 unspecified atom stereocenters. The maximum Gasteiger partial charge on any atom is 0.275 e. The van der Waals surface area contributed by atoms with Crippen molar-refractivity contribution in [1.29, 1.82) is 0 Å². The number of amides is 2. The smallest absolute Gasteiger partial charge is 0.275 e. The van der Waals surface area contributed by atoms with E-state index in [1.807, 2.05) is 0 Å². The van der Waals surface area contributed by atoms with Crippen LogP contribution in [-0.4, -0.2) is 31.7 Å². The van der Waals surface area contributed by atoms with Gasteiger partial charge in [0.1, 0.15) is 11.5 Å². The number of methoxy groups -OCH3 is 1. The van der Waals surface area contributed by atoms with Crippen LogP contribution >= 0.6 is 0 Å². The van der Waals surface area contributed by atoms with Crippen LogP contribution in [0.4, 0.5) is 0 Å². The SMILES string of the molecule is COc1ccccc1C(=O)N/N=C\c1ccc(OCC(N)=O)cc1. The highest BCUT2D eigenvalue weighted by molar-refractivity contribution is 5.97. The Morgan fingerprint density at radius 2 is 1.88 bits per heavy atom. The summed E-state index contributed by atoms with van der Waals surface area (Å²) in [6.45, 7) is -0.178. The van der Waals surface area contributed by atoms with Crippen molar-refractivity contribution in [2.45, 2.75) is 0 Å². The van der Waals surface area contributed by atoms with E-state index in [4.69, 9.17) is 15.2 Å². The van der Waals surface area contributed by atoms with Gasteiger partial charge in [0.2, 0.25) is 0 Å². The molecule has 124 valence electrons. The zero-order valence-corrected chi connectivity index (χ0v) is 13.1. The summed E-state index contributed by atoms with van der Waals surface area (Å²) >= 11 is 0. The number of hydrogen-bond donors (Lipinski definition) is 2. The first kappa shape index (κ1) is 17.0. The number of nitrogens with two attached hydrogens (primary N) is 1. The van der Waals surface area contributed by atoms with Crippen molar-refractivity contribution >= 4 is 18.0 Å². The third kappa shape index (κ3) is 4.84. The Hall–Kier alpha value is -3.35. The first-order valence-corrected chi connectivity index (χ1v) is 7.07. The molecule has 2 rings (SSSR count). The van der Waals surface area contributed by atoms with Crippen LogP contribution in [0.5, 0.6) is 11.5 Å². The van der Waals surface area contributed by atoms with Crippen molar-refractivity contribution in [3.05, 3.63) is 59.7 Å². The van der Waals surface area contributed by atoms with Crippen molar-refractivity contribution in [3.8, 4) is 11.5 Å². The Morgan fingerprint density at radius 3 is 2.54 bits per heavy atom. The van der Waals surface area contributed by atoms with Crippen LogP contribution in [0.15, 0.2) is 53.6 Å². The number of benzene rings is 2. The van der Waals surface area contributed by atoms with Gasteiger partial charge in [-0.05, 0) is 42.0 Å². The molecule has 0 saturated carbocycles. The summed E-state index contributed by atoms with van der Waals surface area (Å²) in [7, 11) is 1.50. The van der Waals surface area contributed by atoms with E-state index < -0.39 is 5.91 Å². The fourth-order valence-electron chi connectivity index (χ4n) is 1.86. The largest absolute Gasteiger partial charge is 0.496 e. The number of nitrogens with zero attached hydrogens (tertiary/aromatic N) is 1. The van der Waals surface area contributed by atoms with E-state index in [1.54, 1.807) is 48.5 Å². The molecule has 0 saturated heterocycles. The Bertz CT molecular complexity index is 742. The predicted molar refractivity (Wildman–Crippen MR) is 89.2 cm³/mol. The predicted octanol–water partition coefficient (Wildman–Crippen LogP) is 1.32. The Balaban J connectivity index is 1.94. The minimum Gasteiger partial charge on any atom is -0.496 e. The van der Waals surface area contributed by atoms with Gasteiger partial charge in [-0.15, -0.1) is 0 Å². The van der Waals surface area contributed by atoms with E-state index >= 15 is 0 Å². The van der Waals surface area contributed by atoms with Crippen molar-refractivity contribution in [3.63, 3.8) is 0 Å². The lowest BCUT2D eigenvalue weighted by Gasteiger charge is -2.06. The van der Waals surface area contributed by atoms with Gasteiger partial charge in [-0.2, -0.15) is 5.10 Å². The summed E-state index contributed by atoms with van der Waals surface area (Å²) in [5.74, 6) is 0.0787. The van der Waals surface area contributed by atoms with Crippen LogP contribution in [0.1, 0.15) is 15.9 Å². The number of nitrogens with one attached hydrogen (secondary N) is 1. The van der Waals surface area contributed by atoms with Gasteiger partial charge in [-0.3, -0.25) is 9.59 Å². The third-order valence-corrected chi connectivity index (χ3v) is 2.99. The molecule has 0 atom stereocenters. The number of carbonyl (C=O) groups is 2. The second kappa shape index (κ2) is 8.33. The second-order valence-electron chi connectivity index (χ2n) is 4.72. The first-order valence-electron chi connectivity index (χ1n) is 7.07. The zero-order valence-electron chi connectivity index (χ0n) is 13.1. The van der Waals surface area contributed by atoms with Crippen molar-refractivity contribution in [2.75, 3.05) is 13.7 Å². The topological polar surface area (TPSA) is 103 Å². The molecule has 0 fully saturated rings. The van der Waals surface area contributed by atoms with Gasteiger partial charge < -0.3 is 15.2 Å². The number of primary amides is 1. The molecule has 0 heterocycles. The molecule has 0 aliphatic rings. The lowest BCUT2D eigenvalue weighted by molar-refractivity contribution is -0.119. The van der Waals surface area contributed by atoms with Gasteiger partial charge in [-0.25, -0.2) is 5.43 Å². The van der Waals surface area contributed by atoms with Crippen molar-refractivity contribution < 1.29 is 19.1 Å². The van der Waals surface area contributed by atoms with Crippen LogP contribution in [0, 0.1) is 0 Å². The molecule has 0 spiro atoms. The standard InChI is InChI=1S/C17H17N3O4/c1-23-15-5-3-2-4-14(15)17(22)20-19-10-12-6-8-13(9-7-12)24-11-16(18)21/h2-10H,11H2,1H3,(H2,18,21)(H,20,22)/b19-10-. The molecule has 24 heavy (non-hydrogen) atoms. The normalized spacial score (nSPS) is 10.4. The number of para-hydroxylation sites is 1. The number of hydrogen-bond acceptors (Lipinski definition) is 5. The van der Waals surface area contributed by atoms with Crippen LogP contribution in [0.25, 0.3) is 0 Å². The summed E-state index contributed by atoms with van der Waals surface area (Å²) in [5.41, 5.74) is 8.58. The third-order valence-electron chi connectivity index (χ3n) is 2.99. The molecule has 2 aromatic rings. The van der Waals surface area contributed by atoms with E-state index in [0.717, 1.165) is 5.56 Å². The highest BCUT2D eigenvalue weighted by Gasteiger charge is 2.09. The monoisotopic (exact) mass is 327 g/mol. The molecule has 0 aromatic heterocycles. The van der Waals surface area contributed by atoms with Gasteiger partial charge in [0, 0.05) is 0 Å². The highest BCUT2D eigenvalue weighted by atomic mass is 16.5. The van der Waals surface area contributed by atoms with Crippen LogP contribution in [0.3, 0.4) is 0 Å². The number of hydrazone groups is 1. The fraction of sp³-hybridized carbons (Fsp3) is 0.118. The lowest BCUT2D eigenvalue weighted by Crippen LogP contribution is -2.20. The Morgan fingerprint density at radius 1 is 1.17 bits per heavy atom. The highest BCUT2D eigenvalue weighted by Crippen LogP contribution is 2.16. The summed E-state index contributed by atoms with van der Waals surface area (Å²) < 4.78 is 10.3.